The van der Waals surface area contributed by atoms with Crippen molar-refractivity contribution in [2.24, 2.45) is 11.8 Å². The number of carboxylic acid groups (broad SMARTS) is 1. The van der Waals surface area contributed by atoms with Crippen LogP contribution in [0.4, 0.5) is 0 Å². The van der Waals surface area contributed by atoms with Gasteiger partial charge in [0.1, 0.15) is 18.0 Å². The first kappa shape index (κ1) is 21.4. The number of nitrogens with zero attached hydrogens (tertiary/aromatic N) is 3. The summed E-state index contributed by atoms with van der Waals surface area (Å²) in [7, 11) is 0. The Bertz CT molecular complexity index is 1060. The molecule has 1 aromatic carbocycles. The Kier molecular flexibility index (Phi) is 6.89. The van der Waals surface area contributed by atoms with E-state index in [9.17, 15) is 9.59 Å². The lowest BCUT2D eigenvalue weighted by molar-refractivity contribution is -0.142. The van der Waals surface area contributed by atoms with Crippen LogP contribution in [-0.4, -0.2) is 39.1 Å². The van der Waals surface area contributed by atoms with Gasteiger partial charge in [-0.15, -0.1) is 11.3 Å². The van der Waals surface area contributed by atoms with E-state index in [2.05, 4.69) is 4.98 Å². The fourth-order valence-corrected chi connectivity index (χ4v) is 4.76. The Labute approximate surface area is 184 Å². The van der Waals surface area contributed by atoms with Crippen LogP contribution < -0.4 is 5.69 Å². The van der Waals surface area contributed by atoms with E-state index in [1.807, 2.05) is 47.8 Å². The molecule has 2 heterocycles. The van der Waals surface area contributed by atoms with Gasteiger partial charge >= 0.3 is 11.7 Å². The molecule has 31 heavy (non-hydrogen) atoms. The molecule has 1 fully saturated rings. The van der Waals surface area contributed by atoms with Gasteiger partial charge in [0.05, 0.1) is 11.5 Å². The molecule has 1 saturated carbocycles. The van der Waals surface area contributed by atoms with Crippen molar-refractivity contribution in [2.45, 2.75) is 32.2 Å². The van der Waals surface area contributed by atoms with Crippen LogP contribution in [0.1, 0.15) is 25.7 Å². The lowest BCUT2D eigenvalue weighted by Crippen LogP contribution is -2.31. The Hall–Kier alpha value is -2.84. The molecule has 0 saturated heterocycles. The highest BCUT2D eigenvalue weighted by atomic mass is 32.1. The number of aromatic nitrogens is 3. The SMILES string of the molecule is O=C(O)COC[C@H]1CC[C@H](Cn2nc(-c3ccccc3)c(-c3cccs3)nc2=O)CC1. The van der Waals surface area contributed by atoms with Crippen molar-refractivity contribution in [2.75, 3.05) is 13.2 Å². The summed E-state index contributed by atoms with van der Waals surface area (Å²) in [5, 5.41) is 15.4. The summed E-state index contributed by atoms with van der Waals surface area (Å²) in [6, 6.07) is 13.7. The second-order valence-corrected chi connectivity index (χ2v) is 8.86. The first-order chi connectivity index (χ1) is 15.1. The van der Waals surface area contributed by atoms with Crippen molar-refractivity contribution in [1.29, 1.82) is 0 Å². The van der Waals surface area contributed by atoms with Crippen LogP contribution in [0.15, 0.2) is 52.6 Å². The van der Waals surface area contributed by atoms with Gasteiger partial charge in [0.15, 0.2) is 0 Å². The Balaban J connectivity index is 1.50. The minimum Gasteiger partial charge on any atom is -0.480 e. The van der Waals surface area contributed by atoms with Gasteiger partial charge in [0, 0.05) is 12.1 Å². The van der Waals surface area contributed by atoms with Gasteiger partial charge < -0.3 is 9.84 Å². The number of hydrogen-bond donors (Lipinski definition) is 1. The molecule has 1 aliphatic carbocycles. The molecular formula is C23H25N3O4S. The molecule has 2 aromatic heterocycles. The maximum absolute atomic E-state index is 12.8. The van der Waals surface area contributed by atoms with Crippen molar-refractivity contribution in [1.82, 2.24) is 14.8 Å². The zero-order valence-electron chi connectivity index (χ0n) is 17.1. The van der Waals surface area contributed by atoms with E-state index in [-0.39, 0.29) is 12.3 Å². The smallest absolute Gasteiger partial charge is 0.364 e. The van der Waals surface area contributed by atoms with Gasteiger partial charge in [0.2, 0.25) is 0 Å². The fraction of sp³-hybridized carbons (Fsp3) is 0.391. The number of thiophene rings is 1. The van der Waals surface area contributed by atoms with Crippen molar-refractivity contribution < 1.29 is 14.6 Å². The third-order valence-electron chi connectivity index (χ3n) is 5.65. The van der Waals surface area contributed by atoms with Crippen molar-refractivity contribution >= 4 is 17.3 Å². The molecule has 0 bridgehead atoms. The average molecular weight is 440 g/mol. The van der Waals surface area contributed by atoms with Gasteiger partial charge in [-0.1, -0.05) is 36.4 Å². The Morgan fingerprint density at radius 2 is 1.81 bits per heavy atom. The van der Waals surface area contributed by atoms with Crippen LogP contribution >= 0.6 is 11.3 Å². The maximum atomic E-state index is 12.8. The van der Waals surface area contributed by atoms with E-state index in [1.54, 1.807) is 11.3 Å². The highest BCUT2D eigenvalue weighted by Gasteiger charge is 2.24. The average Bonchev–Trinajstić information content (AvgIpc) is 3.31. The summed E-state index contributed by atoms with van der Waals surface area (Å²) >= 11 is 1.54. The van der Waals surface area contributed by atoms with Crippen LogP contribution in [0, 0.1) is 11.8 Å². The number of ether oxygens (including phenoxy) is 1. The summed E-state index contributed by atoms with van der Waals surface area (Å²) in [6.45, 7) is 0.773. The summed E-state index contributed by atoms with van der Waals surface area (Å²) in [4.78, 5) is 28.7. The van der Waals surface area contributed by atoms with E-state index >= 15 is 0 Å². The number of carbonyl (C=O) groups is 1. The van der Waals surface area contributed by atoms with E-state index in [4.69, 9.17) is 14.9 Å². The zero-order chi connectivity index (χ0) is 21.6. The molecule has 0 spiro atoms. The molecule has 1 N–H and O–H groups in total. The van der Waals surface area contributed by atoms with Crippen LogP contribution in [0.5, 0.6) is 0 Å². The third kappa shape index (κ3) is 5.45. The molecule has 0 atom stereocenters. The van der Waals surface area contributed by atoms with Crippen molar-refractivity contribution in [3.63, 3.8) is 0 Å². The number of hydrogen-bond acceptors (Lipinski definition) is 6. The lowest BCUT2D eigenvalue weighted by atomic mass is 9.82. The highest BCUT2D eigenvalue weighted by molar-refractivity contribution is 7.13. The summed E-state index contributed by atoms with van der Waals surface area (Å²) in [6.07, 6.45) is 3.85. The molecule has 4 rings (SSSR count). The Morgan fingerprint density at radius 1 is 1.06 bits per heavy atom. The van der Waals surface area contributed by atoms with E-state index in [1.165, 1.54) is 4.68 Å². The number of rotatable bonds is 8. The Morgan fingerprint density at radius 3 is 2.48 bits per heavy atom. The number of carboxylic acids is 1. The van der Waals surface area contributed by atoms with Crippen LogP contribution in [0.25, 0.3) is 21.8 Å². The summed E-state index contributed by atoms with van der Waals surface area (Å²) < 4.78 is 6.75. The number of benzene rings is 1. The monoisotopic (exact) mass is 439 g/mol. The molecule has 8 heteroatoms. The minimum atomic E-state index is -0.938. The van der Waals surface area contributed by atoms with Gasteiger partial charge in [-0.3, -0.25) is 0 Å². The largest absolute Gasteiger partial charge is 0.480 e. The van der Waals surface area contributed by atoms with E-state index < -0.39 is 5.97 Å². The molecule has 0 unspecified atom stereocenters. The van der Waals surface area contributed by atoms with Gasteiger partial charge in [-0.25, -0.2) is 14.3 Å². The van der Waals surface area contributed by atoms with Crippen molar-refractivity contribution in [3.8, 4) is 21.8 Å². The quantitative estimate of drug-likeness (QED) is 0.571. The topological polar surface area (TPSA) is 94.3 Å². The normalized spacial score (nSPS) is 18.7. The summed E-state index contributed by atoms with van der Waals surface area (Å²) in [5.74, 6) is -0.217. The van der Waals surface area contributed by atoms with Gasteiger partial charge in [-0.2, -0.15) is 10.1 Å². The van der Waals surface area contributed by atoms with Crippen LogP contribution in [0.3, 0.4) is 0 Å². The molecule has 0 radical (unpaired) electrons. The molecule has 3 aromatic rings. The fourth-order valence-electron chi connectivity index (χ4n) is 4.05. The van der Waals surface area contributed by atoms with E-state index in [0.717, 1.165) is 41.8 Å². The van der Waals surface area contributed by atoms with Gasteiger partial charge in [0.25, 0.3) is 0 Å². The van der Waals surface area contributed by atoms with Crippen LogP contribution in [-0.2, 0) is 16.1 Å². The molecule has 1 aliphatic rings. The van der Waals surface area contributed by atoms with Gasteiger partial charge in [-0.05, 0) is 49.0 Å². The highest BCUT2D eigenvalue weighted by Crippen LogP contribution is 2.32. The first-order valence-electron chi connectivity index (χ1n) is 10.5. The number of aliphatic carboxylic acids is 1. The van der Waals surface area contributed by atoms with Crippen molar-refractivity contribution in [3.05, 3.63) is 58.3 Å². The summed E-state index contributed by atoms with van der Waals surface area (Å²) in [5.41, 5.74) is 1.96. The third-order valence-corrected chi connectivity index (χ3v) is 6.53. The predicted octanol–water partition coefficient (Wildman–Crippen LogP) is 3.94. The molecule has 0 amide bonds. The second kappa shape index (κ2) is 9.98. The lowest BCUT2D eigenvalue weighted by Gasteiger charge is -2.28. The molecule has 162 valence electrons. The standard InChI is InChI=1S/C23H25N3O4S/c27-20(28)15-30-14-17-10-8-16(9-11-17)13-26-23(29)24-22(19-7-4-12-31-19)21(25-26)18-5-2-1-3-6-18/h1-7,12,16-17H,8-11,13-15H2,(H,27,28)/t16-,17-. The zero-order valence-corrected chi connectivity index (χ0v) is 18.0. The molecule has 7 nitrogen and oxygen atoms in total. The van der Waals surface area contributed by atoms with Crippen LogP contribution in [0.2, 0.25) is 0 Å². The predicted molar refractivity (Wildman–Crippen MR) is 119 cm³/mol. The maximum Gasteiger partial charge on any atom is 0.364 e. The molecule has 0 aliphatic heterocycles. The first-order valence-corrected chi connectivity index (χ1v) is 11.4. The second-order valence-electron chi connectivity index (χ2n) is 7.91. The molecular weight excluding hydrogens is 414 g/mol. The van der Waals surface area contributed by atoms with E-state index in [0.29, 0.717) is 30.7 Å². The minimum absolute atomic E-state index is 0.246.